The summed E-state index contributed by atoms with van der Waals surface area (Å²) in [4.78, 5) is 2.65. The molecule has 4 nitrogen and oxygen atoms in total. The summed E-state index contributed by atoms with van der Waals surface area (Å²) in [5.74, 6) is 0.904. The highest BCUT2D eigenvalue weighted by Gasteiger charge is 2.26. The molecule has 1 aliphatic rings. The molecule has 21 heavy (non-hydrogen) atoms. The topological polar surface area (TPSA) is 33.1 Å². The van der Waals surface area contributed by atoms with Gasteiger partial charge in [0, 0.05) is 23.8 Å². The number of aromatic nitrogens is 2. The van der Waals surface area contributed by atoms with Gasteiger partial charge in [-0.25, -0.2) is 0 Å². The molecule has 1 aromatic rings. The molecular formula is C17H32N4. The van der Waals surface area contributed by atoms with E-state index in [-0.39, 0.29) is 0 Å². The average Bonchev–Trinajstić information content (AvgIpc) is 2.79. The highest BCUT2D eigenvalue weighted by Crippen LogP contribution is 2.31. The highest BCUT2D eigenvalue weighted by atomic mass is 15.3. The maximum absolute atomic E-state index is 4.68. The molecule has 1 aromatic heterocycles. The minimum Gasteiger partial charge on any atom is -0.320 e. The quantitative estimate of drug-likeness (QED) is 0.875. The number of likely N-dealkylation sites (tertiary alicyclic amines) is 1. The smallest absolute Gasteiger partial charge is 0.0644 e. The van der Waals surface area contributed by atoms with Gasteiger partial charge in [0.2, 0.25) is 0 Å². The lowest BCUT2D eigenvalue weighted by molar-refractivity contribution is 0.137. The van der Waals surface area contributed by atoms with Gasteiger partial charge in [-0.15, -0.1) is 0 Å². The van der Waals surface area contributed by atoms with Crippen LogP contribution in [0.5, 0.6) is 0 Å². The molecule has 0 radical (unpaired) electrons. The Balaban J connectivity index is 1.99. The van der Waals surface area contributed by atoms with Crippen molar-refractivity contribution < 1.29 is 0 Å². The second-order valence-corrected chi connectivity index (χ2v) is 6.45. The Morgan fingerprint density at radius 3 is 2.48 bits per heavy atom. The van der Waals surface area contributed by atoms with Crippen LogP contribution in [0.4, 0.5) is 0 Å². The summed E-state index contributed by atoms with van der Waals surface area (Å²) in [5.41, 5.74) is 4.00. The molecule has 0 aliphatic carbocycles. The summed E-state index contributed by atoms with van der Waals surface area (Å²) < 4.78 is 2.14. The Bertz CT molecular complexity index is 444. The van der Waals surface area contributed by atoms with Crippen LogP contribution in [0.3, 0.4) is 0 Å². The number of piperidine rings is 1. The molecule has 2 heterocycles. The van der Waals surface area contributed by atoms with Crippen molar-refractivity contribution in [3.05, 3.63) is 17.0 Å². The first kappa shape index (κ1) is 16.5. The summed E-state index contributed by atoms with van der Waals surface area (Å²) in [6.07, 6.45) is 4.00. The molecule has 0 aromatic carbocycles. The van der Waals surface area contributed by atoms with Crippen LogP contribution in [-0.4, -0.2) is 41.4 Å². The summed E-state index contributed by atoms with van der Waals surface area (Å²) in [7, 11) is 2.05. The standard InChI is InChI=1S/C17H32N4/c1-6-21-15(4)17(13(2)19-21)14(3)20-11-8-16(9-12-20)7-10-18-5/h14,16,18H,6-12H2,1-5H3. The summed E-state index contributed by atoms with van der Waals surface area (Å²) in [6.45, 7) is 13.5. The van der Waals surface area contributed by atoms with E-state index in [1.165, 1.54) is 49.3 Å². The van der Waals surface area contributed by atoms with Gasteiger partial charge >= 0.3 is 0 Å². The van der Waals surface area contributed by atoms with E-state index in [0.29, 0.717) is 6.04 Å². The molecular weight excluding hydrogens is 260 g/mol. The molecule has 120 valence electrons. The Kier molecular flexibility index (Phi) is 5.82. The minimum atomic E-state index is 0.496. The lowest BCUT2D eigenvalue weighted by atomic mass is 9.91. The molecule has 1 atom stereocenters. The Labute approximate surface area is 129 Å². The second-order valence-electron chi connectivity index (χ2n) is 6.45. The van der Waals surface area contributed by atoms with Crippen molar-refractivity contribution in [2.45, 2.75) is 59.5 Å². The van der Waals surface area contributed by atoms with E-state index in [2.05, 4.69) is 47.7 Å². The van der Waals surface area contributed by atoms with Gasteiger partial charge in [-0.1, -0.05) is 0 Å². The third-order valence-electron chi connectivity index (χ3n) is 5.15. The number of rotatable bonds is 6. The number of aryl methyl sites for hydroxylation is 2. The number of hydrogen-bond acceptors (Lipinski definition) is 3. The molecule has 1 N–H and O–H groups in total. The molecule has 2 rings (SSSR count). The first-order valence-electron chi connectivity index (χ1n) is 8.51. The Morgan fingerprint density at radius 1 is 1.29 bits per heavy atom. The molecule has 1 fully saturated rings. The Morgan fingerprint density at radius 2 is 1.95 bits per heavy atom. The summed E-state index contributed by atoms with van der Waals surface area (Å²) in [6, 6.07) is 0.496. The van der Waals surface area contributed by atoms with Crippen molar-refractivity contribution in [3.63, 3.8) is 0 Å². The molecule has 1 unspecified atom stereocenters. The number of hydrogen-bond donors (Lipinski definition) is 1. The van der Waals surface area contributed by atoms with Gasteiger partial charge in [0.05, 0.1) is 5.69 Å². The van der Waals surface area contributed by atoms with E-state index >= 15 is 0 Å². The van der Waals surface area contributed by atoms with E-state index in [4.69, 9.17) is 0 Å². The van der Waals surface area contributed by atoms with E-state index in [1.54, 1.807) is 0 Å². The van der Waals surface area contributed by atoms with Crippen molar-refractivity contribution >= 4 is 0 Å². The van der Waals surface area contributed by atoms with Gasteiger partial charge in [0.1, 0.15) is 0 Å². The fourth-order valence-electron chi connectivity index (χ4n) is 3.78. The molecule has 4 heteroatoms. The minimum absolute atomic E-state index is 0.496. The van der Waals surface area contributed by atoms with Gasteiger partial charge in [-0.3, -0.25) is 9.58 Å². The highest BCUT2D eigenvalue weighted by molar-refractivity contribution is 5.28. The summed E-state index contributed by atoms with van der Waals surface area (Å²) in [5, 5.41) is 7.96. The lowest BCUT2D eigenvalue weighted by Crippen LogP contribution is -2.36. The van der Waals surface area contributed by atoms with E-state index in [1.807, 2.05) is 7.05 Å². The fourth-order valence-corrected chi connectivity index (χ4v) is 3.78. The van der Waals surface area contributed by atoms with Crippen LogP contribution < -0.4 is 5.32 Å². The van der Waals surface area contributed by atoms with Crippen molar-refractivity contribution in [1.82, 2.24) is 20.0 Å². The van der Waals surface area contributed by atoms with Crippen molar-refractivity contribution in [2.24, 2.45) is 5.92 Å². The maximum Gasteiger partial charge on any atom is 0.0644 e. The zero-order chi connectivity index (χ0) is 15.4. The normalized spacial score (nSPS) is 19.1. The van der Waals surface area contributed by atoms with Crippen LogP contribution in [0.1, 0.15) is 56.1 Å². The summed E-state index contributed by atoms with van der Waals surface area (Å²) >= 11 is 0. The monoisotopic (exact) mass is 292 g/mol. The number of nitrogens with one attached hydrogen (secondary N) is 1. The maximum atomic E-state index is 4.68. The van der Waals surface area contributed by atoms with Crippen LogP contribution in [0, 0.1) is 19.8 Å². The number of nitrogens with zero attached hydrogens (tertiary/aromatic N) is 3. The third kappa shape index (κ3) is 3.67. The molecule has 0 saturated carbocycles. The molecule has 1 aliphatic heterocycles. The average molecular weight is 292 g/mol. The zero-order valence-corrected chi connectivity index (χ0v) is 14.4. The van der Waals surface area contributed by atoms with E-state index in [9.17, 15) is 0 Å². The zero-order valence-electron chi connectivity index (χ0n) is 14.4. The molecule has 0 bridgehead atoms. The van der Waals surface area contributed by atoms with Crippen LogP contribution in [0.2, 0.25) is 0 Å². The van der Waals surface area contributed by atoms with Gasteiger partial charge in [-0.2, -0.15) is 5.10 Å². The molecule has 1 saturated heterocycles. The SMILES string of the molecule is CCn1nc(C)c(C(C)N2CCC(CCNC)CC2)c1C. The van der Waals surface area contributed by atoms with Crippen LogP contribution >= 0.6 is 0 Å². The largest absolute Gasteiger partial charge is 0.320 e. The lowest BCUT2D eigenvalue weighted by Gasteiger charge is -2.36. The van der Waals surface area contributed by atoms with Gasteiger partial charge in [0.15, 0.2) is 0 Å². The first-order valence-corrected chi connectivity index (χ1v) is 8.51. The van der Waals surface area contributed by atoms with Gasteiger partial charge in [-0.05, 0) is 79.6 Å². The molecule has 0 spiro atoms. The second kappa shape index (κ2) is 7.41. The van der Waals surface area contributed by atoms with Gasteiger partial charge < -0.3 is 5.32 Å². The van der Waals surface area contributed by atoms with Crippen molar-refractivity contribution in [2.75, 3.05) is 26.7 Å². The van der Waals surface area contributed by atoms with Crippen LogP contribution in [0.25, 0.3) is 0 Å². The van der Waals surface area contributed by atoms with Crippen LogP contribution in [-0.2, 0) is 6.54 Å². The first-order chi connectivity index (χ1) is 10.1. The van der Waals surface area contributed by atoms with Crippen molar-refractivity contribution in [3.8, 4) is 0 Å². The van der Waals surface area contributed by atoms with Crippen LogP contribution in [0.15, 0.2) is 0 Å². The molecule has 0 amide bonds. The predicted octanol–water partition coefficient (Wildman–Crippen LogP) is 2.90. The van der Waals surface area contributed by atoms with E-state index in [0.717, 1.165) is 19.0 Å². The Hall–Kier alpha value is -0.870. The van der Waals surface area contributed by atoms with E-state index < -0.39 is 0 Å². The van der Waals surface area contributed by atoms with Gasteiger partial charge in [0.25, 0.3) is 0 Å². The predicted molar refractivity (Wildman–Crippen MR) is 88.6 cm³/mol. The third-order valence-corrected chi connectivity index (χ3v) is 5.15. The fraction of sp³-hybridized carbons (Fsp3) is 0.824. The van der Waals surface area contributed by atoms with Crippen molar-refractivity contribution in [1.29, 1.82) is 0 Å².